The van der Waals surface area contributed by atoms with Gasteiger partial charge in [-0.1, -0.05) is 24.6 Å². The summed E-state index contributed by atoms with van der Waals surface area (Å²) in [7, 11) is 0. The number of rotatable bonds is 7. The Kier molecular flexibility index (Phi) is 7.99. The Hall–Kier alpha value is -1.04. The fourth-order valence-electron chi connectivity index (χ4n) is 2.51. The van der Waals surface area contributed by atoms with Crippen LogP contribution in [0, 0.1) is 13.8 Å². The zero-order valence-electron chi connectivity index (χ0n) is 15.1. The van der Waals surface area contributed by atoms with E-state index in [1.807, 2.05) is 38.1 Å². The Morgan fingerprint density at radius 1 is 1.23 bits per heavy atom. The Bertz CT molecular complexity index is 809. The molecule has 0 saturated heterocycles. The number of carbonyl (C=O) groups is 1. The van der Waals surface area contributed by atoms with Gasteiger partial charge in [0, 0.05) is 15.9 Å². The summed E-state index contributed by atoms with van der Waals surface area (Å²) in [5.74, 6) is 0.726. The standard InChI is InChI=1S/C20H22Br2ClNO2/c1-4-14-7-8-16(15(21)11-14)24-18(25)6-5-9-26-17-10-12(2)20(23)13(3)19(17)22/h7-8,10-11H,4-6,9H2,1-3H3,(H,24,25). The van der Waals surface area contributed by atoms with Crippen molar-refractivity contribution in [2.75, 3.05) is 11.9 Å². The van der Waals surface area contributed by atoms with Gasteiger partial charge in [-0.05, 0) is 93.4 Å². The van der Waals surface area contributed by atoms with Crippen LogP contribution in [-0.4, -0.2) is 12.5 Å². The number of halogens is 3. The molecule has 0 fully saturated rings. The van der Waals surface area contributed by atoms with Crippen LogP contribution in [0.4, 0.5) is 5.69 Å². The van der Waals surface area contributed by atoms with Crippen molar-refractivity contribution in [1.29, 1.82) is 0 Å². The Morgan fingerprint density at radius 3 is 2.62 bits per heavy atom. The van der Waals surface area contributed by atoms with Crippen molar-refractivity contribution < 1.29 is 9.53 Å². The van der Waals surface area contributed by atoms with Crippen LogP contribution in [0.1, 0.15) is 36.5 Å². The van der Waals surface area contributed by atoms with Crippen LogP contribution in [0.25, 0.3) is 0 Å². The maximum Gasteiger partial charge on any atom is 0.224 e. The molecule has 0 aliphatic rings. The van der Waals surface area contributed by atoms with Crippen LogP contribution < -0.4 is 10.1 Å². The minimum absolute atomic E-state index is 0.0268. The lowest BCUT2D eigenvalue weighted by molar-refractivity contribution is -0.116. The Balaban J connectivity index is 1.84. The van der Waals surface area contributed by atoms with Crippen molar-refractivity contribution in [3.8, 4) is 5.75 Å². The molecule has 0 saturated carbocycles. The second-order valence-corrected chi connectivity index (χ2v) is 8.14. The first-order chi connectivity index (χ1) is 12.3. The lowest BCUT2D eigenvalue weighted by Gasteiger charge is -2.13. The molecule has 0 bridgehead atoms. The highest BCUT2D eigenvalue weighted by Crippen LogP contribution is 2.35. The van der Waals surface area contributed by atoms with Gasteiger partial charge in [-0.2, -0.15) is 0 Å². The highest BCUT2D eigenvalue weighted by atomic mass is 79.9. The molecule has 26 heavy (non-hydrogen) atoms. The highest BCUT2D eigenvalue weighted by Gasteiger charge is 2.11. The van der Waals surface area contributed by atoms with Crippen LogP contribution in [0.2, 0.25) is 5.02 Å². The summed E-state index contributed by atoms with van der Waals surface area (Å²) in [5.41, 5.74) is 3.95. The van der Waals surface area contributed by atoms with E-state index < -0.39 is 0 Å². The molecule has 0 aliphatic heterocycles. The Labute approximate surface area is 176 Å². The normalized spacial score (nSPS) is 10.7. The van der Waals surface area contributed by atoms with Gasteiger partial charge in [-0.3, -0.25) is 4.79 Å². The molecule has 0 spiro atoms. The lowest BCUT2D eigenvalue weighted by atomic mass is 10.1. The predicted octanol–water partition coefficient (Wildman–Crippen LogP) is 6.84. The number of hydrogen-bond acceptors (Lipinski definition) is 2. The van der Waals surface area contributed by atoms with Crippen molar-refractivity contribution in [3.05, 3.63) is 54.9 Å². The Morgan fingerprint density at radius 2 is 1.96 bits per heavy atom. The van der Waals surface area contributed by atoms with Gasteiger partial charge in [0.05, 0.1) is 16.8 Å². The van der Waals surface area contributed by atoms with Crippen LogP contribution in [0.3, 0.4) is 0 Å². The van der Waals surface area contributed by atoms with Gasteiger partial charge in [-0.25, -0.2) is 0 Å². The van der Waals surface area contributed by atoms with Gasteiger partial charge in [0.2, 0.25) is 5.91 Å². The average Bonchev–Trinajstić information content (AvgIpc) is 2.62. The van der Waals surface area contributed by atoms with E-state index in [0.29, 0.717) is 19.4 Å². The number of amides is 1. The molecule has 6 heteroatoms. The molecule has 0 unspecified atom stereocenters. The largest absolute Gasteiger partial charge is 0.492 e. The molecule has 2 aromatic carbocycles. The molecule has 2 rings (SSSR count). The van der Waals surface area contributed by atoms with Crippen molar-refractivity contribution in [3.63, 3.8) is 0 Å². The zero-order valence-corrected chi connectivity index (χ0v) is 19.0. The zero-order chi connectivity index (χ0) is 19.3. The van der Waals surface area contributed by atoms with Crippen molar-refractivity contribution in [1.82, 2.24) is 0 Å². The summed E-state index contributed by atoms with van der Waals surface area (Å²) in [6.45, 7) is 6.45. The molecular weight excluding hydrogens is 481 g/mol. The van der Waals surface area contributed by atoms with E-state index >= 15 is 0 Å². The summed E-state index contributed by atoms with van der Waals surface area (Å²) in [5, 5.41) is 3.67. The van der Waals surface area contributed by atoms with Crippen molar-refractivity contribution in [2.45, 2.75) is 40.0 Å². The van der Waals surface area contributed by atoms with Gasteiger partial charge in [0.1, 0.15) is 5.75 Å². The van der Waals surface area contributed by atoms with E-state index in [9.17, 15) is 4.79 Å². The fourth-order valence-corrected chi connectivity index (χ4v) is 3.73. The van der Waals surface area contributed by atoms with E-state index in [1.165, 1.54) is 5.56 Å². The lowest BCUT2D eigenvalue weighted by Crippen LogP contribution is -2.13. The van der Waals surface area contributed by atoms with Crippen LogP contribution in [-0.2, 0) is 11.2 Å². The highest BCUT2D eigenvalue weighted by molar-refractivity contribution is 9.11. The molecule has 0 atom stereocenters. The number of carbonyl (C=O) groups excluding carboxylic acids is 1. The fraction of sp³-hybridized carbons (Fsp3) is 0.350. The molecule has 3 nitrogen and oxygen atoms in total. The monoisotopic (exact) mass is 501 g/mol. The van der Waals surface area contributed by atoms with Gasteiger partial charge in [0.15, 0.2) is 0 Å². The number of hydrogen-bond donors (Lipinski definition) is 1. The summed E-state index contributed by atoms with van der Waals surface area (Å²) in [4.78, 5) is 12.1. The van der Waals surface area contributed by atoms with Crippen LogP contribution in [0.5, 0.6) is 5.75 Å². The van der Waals surface area contributed by atoms with Gasteiger partial charge in [0.25, 0.3) is 0 Å². The van der Waals surface area contributed by atoms with E-state index in [4.69, 9.17) is 16.3 Å². The first-order valence-corrected chi connectivity index (χ1v) is 10.5. The quantitative estimate of drug-likeness (QED) is 0.420. The second kappa shape index (κ2) is 9.77. The third-order valence-corrected chi connectivity index (χ3v) is 6.31. The summed E-state index contributed by atoms with van der Waals surface area (Å²) in [6.07, 6.45) is 1.98. The summed E-state index contributed by atoms with van der Waals surface area (Å²) >= 11 is 13.2. The molecule has 1 amide bonds. The molecule has 140 valence electrons. The molecule has 0 radical (unpaired) electrons. The average molecular weight is 504 g/mol. The smallest absolute Gasteiger partial charge is 0.224 e. The summed E-state index contributed by atoms with van der Waals surface area (Å²) in [6, 6.07) is 7.88. The van der Waals surface area contributed by atoms with Gasteiger partial charge >= 0.3 is 0 Å². The van der Waals surface area contributed by atoms with E-state index in [-0.39, 0.29) is 5.91 Å². The topological polar surface area (TPSA) is 38.3 Å². The van der Waals surface area contributed by atoms with Crippen molar-refractivity contribution in [2.24, 2.45) is 0 Å². The number of ether oxygens (including phenoxy) is 1. The third-order valence-electron chi connectivity index (χ3n) is 4.09. The van der Waals surface area contributed by atoms with Crippen molar-refractivity contribution >= 4 is 55.1 Å². The second-order valence-electron chi connectivity index (χ2n) is 6.11. The molecule has 0 aromatic heterocycles. The molecular formula is C20H22Br2ClNO2. The maximum absolute atomic E-state index is 12.1. The first-order valence-electron chi connectivity index (χ1n) is 8.49. The van der Waals surface area contributed by atoms with E-state index in [2.05, 4.69) is 44.1 Å². The molecule has 2 aromatic rings. The van der Waals surface area contributed by atoms with Crippen LogP contribution >= 0.6 is 43.5 Å². The number of aryl methyl sites for hydroxylation is 2. The minimum Gasteiger partial charge on any atom is -0.492 e. The molecule has 1 N–H and O–H groups in total. The third kappa shape index (κ3) is 5.48. The van der Waals surface area contributed by atoms with Gasteiger partial charge < -0.3 is 10.1 Å². The summed E-state index contributed by atoms with van der Waals surface area (Å²) < 4.78 is 7.57. The first kappa shape index (κ1) is 21.3. The van der Waals surface area contributed by atoms with Crippen LogP contribution in [0.15, 0.2) is 33.2 Å². The molecule has 0 aliphatic carbocycles. The predicted molar refractivity (Wildman–Crippen MR) is 116 cm³/mol. The molecule has 0 heterocycles. The van der Waals surface area contributed by atoms with E-state index in [0.717, 1.165) is 43.0 Å². The SMILES string of the molecule is CCc1ccc(NC(=O)CCCOc2cc(C)c(Cl)c(C)c2Br)c(Br)c1. The number of nitrogens with one attached hydrogen (secondary N) is 1. The maximum atomic E-state index is 12.1. The minimum atomic E-state index is -0.0268. The van der Waals surface area contributed by atoms with Gasteiger partial charge in [-0.15, -0.1) is 0 Å². The number of anilines is 1. The van der Waals surface area contributed by atoms with E-state index in [1.54, 1.807) is 0 Å². The number of benzene rings is 2.